The highest BCUT2D eigenvalue weighted by Crippen LogP contribution is 2.26. The van der Waals surface area contributed by atoms with Gasteiger partial charge in [0.05, 0.1) is 0 Å². The lowest BCUT2D eigenvalue weighted by Crippen LogP contribution is -2.33. The molecule has 0 saturated carbocycles. The van der Waals surface area contributed by atoms with Gasteiger partial charge in [-0.1, -0.05) is 13.3 Å². The summed E-state index contributed by atoms with van der Waals surface area (Å²) in [5.41, 5.74) is 0.786. The fourth-order valence-electron chi connectivity index (χ4n) is 2.82. The summed E-state index contributed by atoms with van der Waals surface area (Å²) in [7, 11) is 0. The molecule has 2 heterocycles. The van der Waals surface area contributed by atoms with Crippen molar-refractivity contribution in [2.45, 2.75) is 45.2 Å². The van der Waals surface area contributed by atoms with Gasteiger partial charge in [0, 0.05) is 12.4 Å². The fourth-order valence-corrected chi connectivity index (χ4v) is 2.82. The SMILES string of the molecule is CCN1CCC(CCCc2cnc(C(F)(F)F)nc2)CC1. The molecule has 0 amide bonds. The number of piperidine rings is 1. The Balaban J connectivity index is 1.72. The molecule has 0 aromatic carbocycles. The van der Waals surface area contributed by atoms with Gasteiger partial charge in [-0.2, -0.15) is 13.2 Å². The molecule has 3 nitrogen and oxygen atoms in total. The maximum absolute atomic E-state index is 12.3. The topological polar surface area (TPSA) is 29.0 Å². The lowest BCUT2D eigenvalue weighted by Gasteiger charge is -2.31. The van der Waals surface area contributed by atoms with Crippen LogP contribution in [0.25, 0.3) is 0 Å². The maximum atomic E-state index is 12.3. The summed E-state index contributed by atoms with van der Waals surface area (Å²) in [4.78, 5) is 9.25. The summed E-state index contributed by atoms with van der Waals surface area (Å²) in [5, 5.41) is 0. The molecule has 0 atom stereocenters. The van der Waals surface area contributed by atoms with Gasteiger partial charge >= 0.3 is 6.18 Å². The molecule has 21 heavy (non-hydrogen) atoms. The first-order valence-corrected chi connectivity index (χ1v) is 7.59. The molecule has 1 fully saturated rings. The molecule has 1 saturated heterocycles. The zero-order valence-corrected chi connectivity index (χ0v) is 12.4. The number of alkyl halides is 3. The highest BCUT2D eigenvalue weighted by molar-refractivity contribution is 5.06. The van der Waals surface area contributed by atoms with Crippen LogP contribution in [0.2, 0.25) is 0 Å². The van der Waals surface area contributed by atoms with E-state index in [1.54, 1.807) is 0 Å². The minimum Gasteiger partial charge on any atom is -0.304 e. The van der Waals surface area contributed by atoms with Gasteiger partial charge < -0.3 is 4.90 Å². The van der Waals surface area contributed by atoms with E-state index in [0.29, 0.717) is 0 Å². The number of aryl methyl sites for hydroxylation is 1. The van der Waals surface area contributed by atoms with E-state index in [-0.39, 0.29) is 0 Å². The number of hydrogen-bond donors (Lipinski definition) is 0. The molecule has 6 heteroatoms. The quantitative estimate of drug-likeness (QED) is 0.833. The summed E-state index contributed by atoms with van der Waals surface area (Å²) >= 11 is 0. The van der Waals surface area contributed by atoms with Crippen molar-refractivity contribution in [1.29, 1.82) is 0 Å². The molecule has 1 aromatic rings. The Hall–Kier alpha value is -1.17. The van der Waals surface area contributed by atoms with E-state index in [2.05, 4.69) is 21.8 Å². The van der Waals surface area contributed by atoms with Crippen molar-refractivity contribution in [2.75, 3.05) is 19.6 Å². The van der Waals surface area contributed by atoms with Crippen molar-refractivity contribution in [1.82, 2.24) is 14.9 Å². The Morgan fingerprint density at radius 1 is 1.19 bits per heavy atom. The van der Waals surface area contributed by atoms with E-state index in [4.69, 9.17) is 0 Å². The zero-order valence-electron chi connectivity index (χ0n) is 12.4. The van der Waals surface area contributed by atoms with Crippen molar-refractivity contribution in [2.24, 2.45) is 5.92 Å². The van der Waals surface area contributed by atoms with Crippen molar-refractivity contribution in [3.8, 4) is 0 Å². The molecule has 1 aliphatic heterocycles. The second kappa shape index (κ2) is 7.20. The van der Waals surface area contributed by atoms with Crippen LogP contribution in [0.1, 0.15) is 44.0 Å². The summed E-state index contributed by atoms with van der Waals surface area (Å²) in [6, 6.07) is 0. The zero-order chi connectivity index (χ0) is 15.3. The highest BCUT2D eigenvalue weighted by atomic mass is 19.4. The first-order chi connectivity index (χ1) is 9.99. The second-order valence-corrected chi connectivity index (χ2v) is 5.68. The van der Waals surface area contributed by atoms with Crippen LogP contribution in [0.4, 0.5) is 13.2 Å². The van der Waals surface area contributed by atoms with Crippen molar-refractivity contribution >= 4 is 0 Å². The monoisotopic (exact) mass is 301 g/mol. The first kappa shape index (κ1) is 16.2. The number of rotatable bonds is 5. The van der Waals surface area contributed by atoms with Gasteiger partial charge in [-0.05, 0) is 56.8 Å². The van der Waals surface area contributed by atoms with Gasteiger partial charge in [-0.15, -0.1) is 0 Å². The van der Waals surface area contributed by atoms with Crippen LogP contribution in [-0.4, -0.2) is 34.5 Å². The normalized spacial score (nSPS) is 18.1. The van der Waals surface area contributed by atoms with Crippen LogP contribution >= 0.6 is 0 Å². The summed E-state index contributed by atoms with van der Waals surface area (Å²) in [6.07, 6.45) is 3.50. The predicted molar refractivity (Wildman–Crippen MR) is 74.8 cm³/mol. The Morgan fingerprint density at radius 3 is 2.33 bits per heavy atom. The molecule has 118 valence electrons. The van der Waals surface area contributed by atoms with E-state index in [9.17, 15) is 13.2 Å². The number of hydrogen-bond acceptors (Lipinski definition) is 3. The fraction of sp³-hybridized carbons (Fsp3) is 0.733. The Morgan fingerprint density at radius 2 is 1.81 bits per heavy atom. The average Bonchev–Trinajstić information content (AvgIpc) is 2.47. The molecule has 0 unspecified atom stereocenters. The number of aromatic nitrogens is 2. The van der Waals surface area contributed by atoms with Crippen LogP contribution in [0.3, 0.4) is 0 Å². The van der Waals surface area contributed by atoms with Crippen LogP contribution in [0, 0.1) is 5.92 Å². The van der Waals surface area contributed by atoms with Crippen LogP contribution in [0.5, 0.6) is 0 Å². The molecule has 1 aromatic heterocycles. The third-order valence-electron chi connectivity index (χ3n) is 4.19. The van der Waals surface area contributed by atoms with Crippen LogP contribution in [-0.2, 0) is 12.6 Å². The smallest absolute Gasteiger partial charge is 0.304 e. The van der Waals surface area contributed by atoms with E-state index in [1.165, 1.54) is 38.3 Å². The molecule has 0 N–H and O–H groups in total. The molecule has 1 aliphatic rings. The van der Waals surface area contributed by atoms with E-state index < -0.39 is 12.0 Å². The van der Waals surface area contributed by atoms with Crippen LogP contribution in [0.15, 0.2) is 12.4 Å². The number of nitrogens with zero attached hydrogens (tertiary/aromatic N) is 3. The number of likely N-dealkylation sites (tertiary alicyclic amines) is 1. The third kappa shape index (κ3) is 4.95. The summed E-state index contributed by atoms with van der Waals surface area (Å²) in [5.74, 6) is -0.304. The van der Waals surface area contributed by atoms with Crippen LogP contribution < -0.4 is 0 Å². The molecule has 0 radical (unpaired) electrons. The first-order valence-electron chi connectivity index (χ1n) is 7.59. The van der Waals surface area contributed by atoms with Crippen molar-refractivity contribution in [3.05, 3.63) is 23.8 Å². The Labute approximate surface area is 123 Å². The molecule has 0 spiro atoms. The number of halogens is 3. The second-order valence-electron chi connectivity index (χ2n) is 5.68. The van der Waals surface area contributed by atoms with E-state index in [1.807, 2.05) is 0 Å². The van der Waals surface area contributed by atoms with Crippen molar-refractivity contribution < 1.29 is 13.2 Å². The molecular weight excluding hydrogens is 279 g/mol. The average molecular weight is 301 g/mol. The minimum absolute atomic E-state index is 0.753. The largest absolute Gasteiger partial charge is 0.451 e. The third-order valence-corrected chi connectivity index (χ3v) is 4.19. The van der Waals surface area contributed by atoms with Gasteiger partial charge in [0.1, 0.15) is 0 Å². The van der Waals surface area contributed by atoms with E-state index in [0.717, 1.165) is 37.3 Å². The summed E-state index contributed by atoms with van der Waals surface area (Å²) in [6.45, 7) is 5.65. The van der Waals surface area contributed by atoms with Gasteiger partial charge in [0.15, 0.2) is 0 Å². The van der Waals surface area contributed by atoms with Gasteiger partial charge in [0.2, 0.25) is 5.82 Å². The lowest BCUT2D eigenvalue weighted by atomic mass is 9.91. The molecule has 2 rings (SSSR count). The van der Waals surface area contributed by atoms with E-state index >= 15 is 0 Å². The Kier molecular flexibility index (Phi) is 5.56. The molecular formula is C15H22F3N3. The molecule has 0 bridgehead atoms. The van der Waals surface area contributed by atoms with Crippen molar-refractivity contribution in [3.63, 3.8) is 0 Å². The highest BCUT2D eigenvalue weighted by Gasteiger charge is 2.34. The van der Waals surface area contributed by atoms with Gasteiger partial charge in [-0.3, -0.25) is 0 Å². The summed E-state index contributed by atoms with van der Waals surface area (Å²) < 4.78 is 37.0. The van der Waals surface area contributed by atoms with Gasteiger partial charge in [0.25, 0.3) is 0 Å². The predicted octanol–water partition coefficient (Wildman–Crippen LogP) is 3.55. The standard InChI is InChI=1S/C15H22F3N3/c1-2-21-8-6-12(7-9-21)4-3-5-13-10-19-14(20-11-13)15(16,17)18/h10-12H,2-9H2,1H3. The maximum Gasteiger partial charge on any atom is 0.451 e. The molecule has 0 aliphatic carbocycles. The lowest BCUT2D eigenvalue weighted by molar-refractivity contribution is -0.145. The van der Waals surface area contributed by atoms with Gasteiger partial charge in [-0.25, -0.2) is 9.97 Å². The minimum atomic E-state index is -4.45. The Bertz CT molecular complexity index is 423.